The number of anilines is 1. The minimum Gasteiger partial charge on any atom is -0.293 e. The first kappa shape index (κ1) is 13.4. The highest BCUT2D eigenvalue weighted by atomic mass is 16.2. The highest BCUT2D eigenvalue weighted by Gasteiger charge is 2.25. The van der Waals surface area contributed by atoms with Gasteiger partial charge >= 0.3 is 6.03 Å². The lowest BCUT2D eigenvalue weighted by Gasteiger charge is -2.28. The summed E-state index contributed by atoms with van der Waals surface area (Å²) in [6.07, 6.45) is 1.10. The van der Waals surface area contributed by atoms with Gasteiger partial charge in [0.05, 0.1) is 0 Å². The molecular formula is C17H16N2O2. The van der Waals surface area contributed by atoms with Gasteiger partial charge in [0, 0.05) is 18.7 Å². The summed E-state index contributed by atoms with van der Waals surface area (Å²) in [5.41, 5.74) is 3.14. The Morgan fingerprint density at radius 2 is 1.67 bits per heavy atom. The number of para-hydroxylation sites is 1. The summed E-state index contributed by atoms with van der Waals surface area (Å²) < 4.78 is 0. The van der Waals surface area contributed by atoms with E-state index < -0.39 is 0 Å². The monoisotopic (exact) mass is 280 g/mol. The first-order chi connectivity index (χ1) is 10.2. The molecule has 0 unspecified atom stereocenters. The van der Waals surface area contributed by atoms with Crippen LogP contribution in [0.3, 0.4) is 0 Å². The SMILES string of the molecule is O=C1CCN(c2ccccc2Cc2ccccc2)C(=O)N1. The van der Waals surface area contributed by atoms with Gasteiger partial charge in [-0.2, -0.15) is 0 Å². The van der Waals surface area contributed by atoms with Crippen LogP contribution in [0.5, 0.6) is 0 Å². The molecule has 1 heterocycles. The van der Waals surface area contributed by atoms with Gasteiger partial charge in [-0.3, -0.25) is 15.0 Å². The van der Waals surface area contributed by atoms with Crippen LogP contribution in [-0.2, 0) is 11.2 Å². The molecule has 4 heteroatoms. The van der Waals surface area contributed by atoms with Gasteiger partial charge in [-0.15, -0.1) is 0 Å². The third-order valence-corrected chi connectivity index (χ3v) is 3.57. The second kappa shape index (κ2) is 5.79. The van der Waals surface area contributed by atoms with E-state index in [9.17, 15) is 9.59 Å². The van der Waals surface area contributed by atoms with Gasteiger partial charge in [-0.05, 0) is 23.6 Å². The molecule has 2 aromatic carbocycles. The molecule has 3 rings (SSSR count). The minimum absolute atomic E-state index is 0.211. The molecule has 1 saturated heterocycles. The van der Waals surface area contributed by atoms with Gasteiger partial charge in [0.15, 0.2) is 0 Å². The Morgan fingerprint density at radius 1 is 0.952 bits per heavy atom. The van der Waals surface area contributed by atoms with Crippen molar-refractivity contribution in [3.63, 3.8) is 0 Å². The van der Waals surface area contributed by atoms with Gasteiger partial charge in [0.25, 0.3) is 0 Å². The van der Waals surface area contributed by atoms with Crippen molar-refractivity contribution in [3.05, 3.63) is 65.7 Å². The van der Waals surface area contributed by atoms with Crippen LogP contribution >= 0.6 is 0 Å². The van der Waals surface area contributed by atoms with Crippen molar-refractivity contribution in [2.24, 2.45) is 0 Å². The molecular weight excluding hydrogens is 264 g/mol. The Labute approximate surface area is 123 Å². The number of benzene rings is 2. The third kappa shape index (κ3) is 2.94. The Bertz CT molecular complexity index is 668. The molecule has 1 fully saturated rings. The normalized spacial score (nSPS) is 15.0. The average Bonchev–Trinajstić information content (AvgIpc) is 2.49. The molecule has 0 radical (unpaired) electrons. The van der Waals surface area contributed by atoms with Crippen LogP contribution in [-0.4, -0.2) is 18.5 Å². The molecule has 2 aromatic rings. The molecule has 106 valence electrons. The van der Waals surface area contributed by atoms with Gasteiger partial charge < -0.3 is 0 Å². The fourth-order valence-electron chi connectivity index (χ4n) is 2.53. The number of carbonyl (C=O) groups is 2. The fourth-order valence-corrected chi connectivity index (χ4v) is 2.53. The van der Waals surface area contributed by atoms with Crippen molar-refractivity contribution in [3.8, 4) is 0 Å². The first-order valence-corrected chi connectivity index (χ1v) is 6.97. The zero-order valence-corrected chi connectivity index (χ0v) is 11.6. The van der Waals surface area contributed by atoms with Crippen molar-refractivity contribution < 1.29 is 9.59 Å². The maximum atomic E-state index is 12.0. The number of imide groups is 1. The predicted octanol–water partition coefficient (Wildman–Crippen LogP) is 2.72. The van der Waals surface area contributed by atoms with Crippen LogP contribution in [0, 0.1) is 0 Å². The van der Waals surface area contributed by atoms with Crippen LogP contribution in [0.15, 0.2) is 54.6 Å². The van der Waals surface area contributed by atoms with E-state index in [2.05, 4.69) is 17.4 Å². The van der Waals surface area contributed by atoms with Crippen LogP contribution in [0.2, 0.25) is 0 Å². The third-order valence-electron chi connectivity index (χ3n) is 3.57. The summed E-state index contributed by atoms with van der Waals surface area (Å²) in [5.74, 6) is -0.211. The highest BCUT2D eigenvalue weighted by molar-refractivity contribution is 6.05. The van der Waals surface area contributed by atoms with Crippen molar-refractivity contribution in [2.45, 2.75) is 12.8 Å². The molecule has 1 N–H and O–H groups in total. The number of carbonyl (C=O) groups excluding carboxylic acids is 2. The topological polar surface area (TPSA) is 49.4 Å². The predicted molar refractivity (Wildman–Crippen MR) is 81.2 cm³/mol. The summed E-state index contributed by atoms with van der Waals surface area (Å²) in [6.45, 7) is 0.427. The number of urea groups is 1. The summed E-state index contributed by atoms with van der Waals surface area (Å²) >= 11 is 0. The molecule has 1 aliphatic rings. The Kier molecular flexibility index (Phi) is 3.69. The highest BCUT2D eigenvalue weighted by Crippen LogP contribution is 2.24. The standard InChI is InChI=1S/C17H16N2O2/c20-16-10-11-19(17(21)18-16)15-9-5-4-8-14(15)12-13-6-2-1-3-7-13/h1-9H,10-12H2,(H,18,20,21). The fraction of sp³-hybridized carbons (Fsp3) is 0.176. The molecule has 0 aliphatic carbocycles. The van der Waals surface area contributed by atoms with Crippen LogP contribution in [0.4, 0.5) is 10.5 Å². The second-order valence-corrected chi connectivity index (χ2v) is 5.05. The largest absolute Gasteiger partial charge is 0.328 e. The molecule has 1 aliphatic heterocycles. The summed E-state index contributed by atoms with van der Waals surface area (Å²) in [4.78, 5) is 24.9. The van der Waals surface area contributed by atoms with Crippen molar-refractivity contribution in [1.82, 2.24) is 5.32 Å². The Balaban J connectivity index is 1.89. The lowest BCUT2D eigenvalue weighted by atomic mass is 10.0. The van der Waals surface area contributed by atoms with E-state index in [1.807, 2.05) is 42.5 Å². The first-order valence-electron chi connectivity index (χ1n) is 6.97. The van der Waals surface area contributed by atoms with E-state index in [0.29, 0.717) is 13.0 Å². The molecule has 3 amide bonds. The van der Waals surface area contributed by atoms with Gasteiger partial charge in [0.1, 0.15) is 0 Å². The summed E-state index contributed by atoms with van der Waals surface area (Å²) in [5, 5.41) is 2.37. The number of hydrogen-bond donors (Lipinski definition) is 1. The lowest BCUT2D eigenvalue weighted by Crippen LogP contribution is -2.49. The number of nitrogens with zero attached hydrogens (tertiary/aromatic N) is 1. The number of nitrogens with one attached hydrogen (secondary N) is 1. The van der Waals surface area contributed by atoms with E-state index in [0.717, 1.165) is 17.7 Å². The number of amides is 3. The van der Waals surface area contributed by atoms with E-state index >= 15 is 0 Å². The summed E-state index contributed by atoms with van der Waals surface area (Å²) in [6, 6.07) is 17.6. The Morgan fingerprint density at radius 3 is 2.43 bits per heavy atom. The average molecular weight is 280 g/mol. The van der Waals surface area contributed by atoms with Gasteiger partial charge in [0.2, 0.25) is 5.91 Å². The Hall–Kier alpha value is -2.62. The molecule has 0 spiro atoms. The van der Waals surface area contributed by atoms with E-state index in [1.165, 1.54) is 5.56 Å². The molecule has 0 bridgehead atoms. The van der Waals surface area contributed by atoms with Crippen LogP contribution in [0.1, 0.15) is 17.5 Å². The molecule has 21 heavy (non-hydrogen) atoms. The minimum atomic E-state index is -0.341. The van der Waals surface area contributed by atoms with Gasteiger partial charge in [-0.25, -0.2) is 4.79 Å². The zero-order chi connectivity index (χ0) is 14.7. The molecule has 0 atom stereocenters. The van der Waals surface area contributed by atoms with Crippen LogP contribution in [0.25, 0.3) is 0 Å². The molecule has 0 saturated carbocycles. The van der Waals surface area contributed by atoms with E-state index in [4.69, 9.17) is 0 Å². The zero-order valence-electron chi connectivity index (χ0n) is 11.6. The lowest BCUT2D eigenvalue weighted by molar-refractivity contribution is -0.120. The number of hydrogen-bond acceptors (Lipinski definition) is 2. The maximum absolute atomic E-state index is 12.0. The second-order valence-electron chi connectivity index (χ2n) is 5.05. The molecule has 4 nitrogen and oxygen atoms in total. The maximum Gasteiger partial charge on any atom is 0.328 e. The number of rotatable bonds is 3. The van der Waals surface area contributed by atoms with E-state index in [1.54, 1.807) is 4.90 Å². The smallest absolute Gasteiger partial charge is 0.293 e. The van der Waals surface area contributed by atoms with Crippen molar-refractivity contribution in [2.75, 3.05) is 11.4 Å². The van der Waals surface area contributed by atoms with E-state index in [-0.39, 0.29) is 11.9 Å². The van der Waals surface area contributed by atoms with Gasteiger partial charge in [-0.1, -0.05) is 48.5 Å². The van der Waals surface area contributed by atoms with Crippen LogP contribution < -0.4 is 10.2 Å². The van der Waals surface area contributed by atoms with Crippen molar-refractivity contribution >= 4 is 17.6 Å². The molecule has 0 aromatic heterocycles. The summed E-state index contributed by atoms with van der Waals surface area (Å²) in [7, 11) is 0. The van der Waals surface area contributed by atoms with Crippen molar-refractivity contribution in [1.29, 1.82) is 0 Å². The quantitative estimate of drug-likeness (QED) is 0.939.